The first-order valence-corrected chi connectivity index (χ1v) is 23.5. The van der Waals surface area contributed by atoms with Gasteiger partial charge in [0.2, 0.25) is 0 Å². The molecule has 1 aliphatic heterocycles. The van der Waals surface area contributed by atoms with Gasteiger partial charge in [-0.05, 0) is 95.1 Å². The number of carbonyl (C=O) groups excluding carboxylic acids is 3. The number of piperazine rings is 1. The van der Waals surface area contributed by atoms with Crippen molar-refractivity contribution < 1.29 is 32.3 Å². The molecule has 7 aromatic rings. The second-order valence-corrected chi connectivity index (χ2v) is 16.2. The zero-order valence-electron chi connectivity index (χ0n) is 40.5. The monoisotopic (exact) mass is 977 g/mol. The van der Waals surface area contributed by atoms with Crippen molar-refractivity contribution in [3.8, 4) is 5.75 Å². The molecule has 0 saturated carbocycles. The number of rotatable bonds is 14. The molecular weight excluding hydrogens is 920 g/mol. The average molecular weight is 978 g/mol. The topological polar surface area (TPSA) is 92.9 Å². The fourth-order valence-electron chi connectivity index (χ4n) is 6.64. The first-order valence-electron chi connectivity index (χ1n) is 23.5. The Morgan fingerprint density at radius 2 is 0.685 bits per heavy atom. The second kappa shape index (κ2) is 30.7. The molecule has 10 heteroatoms. The molecule has 1 aliphatic rings. The van der Waals surface area contributed by atoms with Gasteiger partial charge in [-0.2, -0.15) is 0 Å². The van der Waals surface area contributed by atoms with Gasteiger partial charge in [-0.25, -0.2) is 0 Å². The van der Waals surface area contributed by atoms with Crippen LogP contribution in [0.25, 0.3) is 36.5 Å². The number of benzene rings is 7. The quantitative estimate of drug-likeness (QED) is 0.0857. The van der Waals surface area contributed by atoms with E-state index in [0.29, 0.717) is 0 Å². The van der Waals surface area contributed by atoms with Crippen molar-refractivity contribution in [2.24, 2.45) is 0 Å². The molecule has 0 aromatic heterocycles. The van der Waals surface area contributed by atoms with Crippen LogP contribution in [0.15, 0.2) is 237 Å². The Morgan fingerprint density at radius 3 is 0.918 bits per heavy atom. The predicted octanol–water partition coefficient (Wildman–Crippen LogP) is 13.9. The van der Waals surface area contributed by atoms with E-state index in [2.05, 4.69) is 14.5 Å². The van der Waals surface area contributed by atoms with Crippen molar-refractivity contribution in [2.75, 3.05) is 43.9 Å². The summed E-state index contributed by atoms with van der Waals surface area (Å²) in [4.78, 5) is 39.1. The van der Waals surface area contributed by atoms with E-state index in [1.165, 1.54) is 12.1 Å². The maximum Gasteiger partial charge on any atom is 0.573 e. The van der Waals surface area contributed by atoms with Crippen LogP contribution in [0, 0.1) is 0 Å². The molecule has 0 bridgehead atoms. The Kier molecular flexibility index (Phi) is 23.1. The number of allylic oxidation sites excluding steroid dienone is 6. The van der Waals surface area contributed by atoms with Gasteiger partial charge in [0, 0.05) is 31.9 Å². The number of ketones is 3. The van der Waals surface area contributed by atoms with Gasteiger partial charge in [0.25, 0.3) is 0 Å². The number of carbonyl (C=O) groups is 3. The highest BCUT2D eigenvalue weighted by Crippen LogP contribution is 2.32. The van der Waals surface area contributed by atoms with Gasteiger partial charge in [-0.15, -0.1) is 13.2 Å². The average Bonchev–Trinajstić information content (AvgIpc) is 3.42. The number of likely N-dealkylation sites (N-methyl/N-ethyl adjacent to an activating group) is 1. The summed E-state index contributed by atoms with van der Waals surface area (Å²) in [5.41, 5.74) is 12.6. The summed E-state index contributed by atoms with van der Waals surface area (Å²) in [6.45, 7) is 3.49. The van der Waals surface area contributed by atoms with E-state index in [1.807, 2.05) is 225 Å². The summed E-state index contributed by atoms with van der Waals surface area (Å²) in [7, 11) is 2.03. The molecule has 8 rings (SSSR count). The summed E-state index contributed by atoms with van der Waals surface area (Å²) in [6, 6.07) is 63.0. The molecule has 0 aliphatic carbocycles. The summed E-state index contributed by atoms with van der Waals surface area (Å²) in [6.07, 6.45) is 15.7. The summed E-state index contributed by atoms with van der Waals surface area (Å²) in [5, 5.41) is 0. The molecule has 1 heterocycles. The standard InChI is InChI=1S/3C17H14O.C12H16F3N3O/c3*18-17(13-11-15-7-3-1-4-8-15)14-12-16-9-5-2-6-10-16;1-17-4-6-18(7-5-17)9-2-3-11(10(16)8-9)19-12(13,14)15/h3*1-14H;2-3,8H,4-7,16H2,1H3. The van der Waals surface area contributed by atoms with Gasteiger partial charge in [-0.1, -0.05) is 218 Å². The molecule has 0 amide bonds. The Balaban J connectivity index is 0.000000181. The van der Waals surface area contributed by atoms with Gasteiger partial charge >= 0.3 is 6.36 Å². The maximum atomic E-state index is 12.1. The van der Waals surface area contributed by atoms with Crippen LogP contribution < -0.4 is 15.4 Å². The Morgan fingerprint density at radius 1 is 0.425 bits per heavy atom. The fourth-order valence-corrected chi connectivity index (χ4v) is 6.64. The molecule has 2 N–H and O–H groups in total. The fraction of sp³-hybridized carbons (Fsp3) is 0.0952. The minimum Gasteiger partial charge on any atom is -0.404 e. The minimum atomic E-state index is -4.72. The van der Waals surface area contributed by atoms with Gasteiger partial charge in [0.15, 0.2) is 23.1 Å². The third kappa shape index (κ3) is 23.1. The summed E-state index contributed by atoms with van der Waals surface area (Å²) in [5.74, 6) is -0.390. The second-order valence-electron chi connectivity index (χ2n) is 16.2. The van der Waals surface area contributed by atoms with Crippen molar-refractivity contribution in [3.63, 3.8) is 0 Å². The van der Waals surface area contributed by atoms with E-state index >= 15 is 0 Å². The molecule has 370 valence electrons. The highest BCUT2D eigenvalue weighted by atomic mass is 19.4. The Bertz CT molecular complexity index is 2500. The van der Waals surface area contributed by atoms with E-state index < -0.39 is 6.36 Å². The lowest BCUT2D eigenvalue weighted by Gasteiger charge is -2.34. The molecule has 1 saturated heterocycles. The number of hydrogen-bond donors (Lipinski definition) is 1. The first kappa shape index (κ1) is 55.1. The Hall–Kier alpha value is -8.86. The van der Waals surface area contributed by atoms with Crippen molar-refractivity contribution in [2.45, 2.75) is 6.36 Å². The molecule has 73 heavy (non-hydrogen) atoms. The largest absolute Gasteiger partial charge is 0.573 e. The number of alkyl halides is 3. The lowest BCUT2D eigenvalue weighted by molar-refractivity contribution is -0.274. The van der Waals surface area contributed by atoms with Gasteiger partial charge in [0.05, 0.1) is 5.69 Å². The van der Waals surface area contributed by atoms with Crippen LogP contribution in [0.1, 0.15) is 33.4 Å². The van der Waals surface area contributed by atoms with E-state index in [0.717, 1.165) is 65.2 Å². The smallest absolute Gasteiger partial charge is 0.404 e. The molecule has 1 fully saturated rings. The van der Waals surface area contributed by atoms with Gasteiger partial charge in [0.1, 0.15) is 0 Å². The summed E-state index contributed by atoms with van der Waals surface area (Å²) < 4.78 is 40.2. The lowest BCUT2D eigenvalue weighted by atomic mass is 10.1. The zero-order valence-corrected chi connectivity index (χ0v) is 40.5. The number of hydrogen-bond acceptors (Lipinski definition) is 7. The SMILES string of the molecule is CN1CCN(c2ccc(OC(F)(F)F)c(N)c2)CC1.O=C(C=Cc1ccccc1)C=Cc1ccccc1.O=C(C=Cc1ccccc1)C=Cc1ccccc1.O=C(C=Cc1ccccc1)C=Cc1ccccc1. The van der Waals surface area contributed by atoms with Crippen LogP contribution in [0.2, 0.25) is 0 Å². The predicted molar refractivity (Wildman–Crippen MR) is 295 cm³/mol. The van der Waals surface area contributed by atoms with Crippen molar-refractivity contribution >= 4 is 65.2 Å². The van der Waals surface area contributed by atoms with Crippen molar-refractivity contribution in [1.29, 1.82) is 0 Å². The van der Waals surface area contributed by atoms with Gasteiger partial charge < -0.3 is 20.3 Å². The highest BCUT2D eigenvalue weighted by Gasteiger charge is 2.32. The molecule has 0 radical (unpaired) electrons. The maximum absolute atomic E-state index is 12.1. The van der Waals surface area contributed by atoms with E-state index in [4.69, 9.17) is 5.73 Å². The van der Waals surface area contributed by atoms with Crippen LogP contribution in [-0.2, 0) is 14.4 Å². The molecule has 7 aromatic carbocycles. The van der Waals surface area contributed by atoms with Gasteiger partial charge in [-0.3, -0.25) is 14.4 Å². The number of halogens is 3. The third-order valence-electron chi connectivity index (χ3n) is 10.5. The summed E-state index contributed by atoms with van der Waals surface area (Å²) >= 11 is 0. The molecule has 0 spiro atoms. The van der Waals surface area contributed by atoms with Crippen LogP contribution >= 0.6 is 0 Å². The van der Waals surface area contributed by atoms with Crippen molar-refractivity contribution in [3.05, 3.63) is 270 Å². The first-order chi connectivity index (χ1) is 35.4. The molecule has 7 nitrogen and oxygen atoms in total. The lowest BCUT2D eigenvalue weighted by Crippen LogP contribution is -2.44. The van der Waals surface area contributed by atoms with Crippen molar-refractivity contribution in [1.82, 2.24) is 4.90 Å². The third-order valence-corrected chi connectivity index (χ3v) is 10.5. The Labute approximate surface area is 426 Å². The number of ether oxygens (including phenoxy) is 1. The normalized spacial score (nSPS) is 12.8. The molecule has 0 unspecified atom stereocenters. The van der Waals surface area contributed by atoms with E-state index in [1.54, 1.807) is 42.5 Å². The van der Waals surface area contributed by atoms with Crippen LogP contribution in [0.5, 0.6) is 5.75 Å². The highest BCUT2D eigenvalue weighted by molar-refractivity contribution is 6.05. The molecule has 0 atom stereocenters. The van der Waals surface area contributed by atoms with Crippen LogP contribution in [0.3, 0.4) is 0 Å². The van der Waals surface area contributed by atoms with Crippen LogP contribution in [-0.4, -0.2) is 61.8 Å². The van der Waals surface area contributed by atoms with E-state index in [9.17, 15) is 27.6 Å². The van der Waals surface area contributed by atoms with Crippen LogP contribution in [0.4, 0.5) is 24.5 Å². The minimum absolute atomic E-state index is 0.00578. The number of nitrogen functional groups attached to an aromatic ring is 1. The number of anilines is 2. The number of nitrogens with two attached hydrogens (primary N) is 1. The molecular formula is C63H58F3N3O4. The number of nitrogens with zero attached hydrogens (tertiary/aromatic N) is 2. The zero-order chi connectivity index (χ0) is 51.9. The van der Waals surface area contributed by atoms with E-state index in [-0.39, 0.29) is 28.8 Å².